The van der Waals surface area contributed by atoms with Crippen molar-refractivity contribution < 1.29 is 5.11 Å². The SMILES string of the molecule is CC(O)CCNC(C)CN1CCCCC1. The van der Waals surface area contributed by atoms with Crippen LogP contribution in [0.4, 0.5) is 0 Å². The Balaban J connectivity index is 2.03. The first-order valence-electron chi connectivity index (χ1n) is 6.32. The van der Waals surface area contributed by atoms with Crippen LogP contribution in [-0.4, -0.2) is 48.3 Å². The van der Waals surface area contributed by atoms with Crippen molar-refractivity contribution >= 4 is 0 Å². The second-order valence-corrected chi connectivity index (χ2v) is 4.85. The molecule has 0 aliphatic carbocycles. The fourth-order valence-corrected chi connectivity index (χ4v) is 2.13. The molecule has 1 fully saturated rings. The van der Waals surface area contributed by atoms with Crippen LogP contribution in [0, 0.1) is 0 Å². The molecule has 15 heavy (non-hydrogen) atoms. The molecule has 0 aromatic rings. The van der Waals surface area contributed by atoms with Gasteiger partial charge >= 0.3 is 0 Å². The van der Waals surface area contributed by atoms with Crippen molar-refractivity contribution in [2.45, 2.75) is 51.7 Å². The summed E-state index contributed by atoms with van der Waals surface area (Å²) in [7, 11) is 0. The largest absolute Gasteiger partial charge is 0.393 e. The van der Waals surface area contributed by atoms with E-state index in [1.54, 1.807) is 0 Å². The van der Waals surface area contributed by atoms with Crippen LogP contribution in [0.3, 0.4) is 0 Å². The maximum atomic E-state index is 9.14. The van der Waals surface area contributed by atoms with Crippen LogP contribution in [0.1, 0.15) is 39.5 Å². The maximum Gasteiger partial charge on any atom is 0.0524 e. The molecule has 1 aliphatic heterocycles. The molecule has 2 N–H and O–H groups in total. The van der Waals surface area contributed by atoms with Gasteiger partial charge in [0, 0.05) is 12.6 Å². The molecule has 90 valence electrons. The average molecular weight is 214 g/mol. The van der Waals surface area contributed by atoms with Crippen LogP contribution < -0.4 is 5.32 Å². The number of likely N-dealkylation sites (tertiary alicyclic amines) is 1. The molecule has 2 atom stereocenters. The Morgan fingerprint density at radius 1 is 1.20 bits per heavy atom. The van der Waals surface area contributed by atoms with E-state index in [1.807, 2.05) is 6.92 Å². The number of aliphatic hydroxyl groups is 1. The Kier molecular flexibility index (Phi) is 6.22. The summed E-state index contributed by atoms with van der Waals surface area (Å²) in [6, 6.07) is 0.543. The summed E-state index contributed by atoms with van der Waals surface area (Å²) in [6.07, 6.45) is 4.80. The van der Waals surface area contributed by atoms with E-state index < -0.39 is 0 Å². The minimum Gasteiger partial charge on any atom is -0.393 e. The lowest BCUT2D eigenvalue weighted by Crippen LogP contribution is -2.42. The van der Waals surface area contributed by atoms with E-state index in [0.717, 1.165) is 19.5 Å². The molecular formula is C12H26N2O. The highest BCUT2D eigenvalue weighted by Crippen LogP contribution is 2.08. The molecule has 0 saturated carbocycles. The Bertz CT molecular complexity index is 156. The number of hydrogen-bond donors (Lipinski definition) is 2. The van der Waals surface area contributed by atoms with Crippen molar-refractivity contribution in [1.82, 2.24) is 10.2 Å². The summed E-state index contributed by atoms with van der Waals surface area (Å²) in [4.78, 5) is 2.55. The molecule has 0 bridgehead atoms. The van der Waals surface area contributed by atoms with E-state index in [4.69, 9.17) is 5.11 Å². The molecule has 1 saturated heterocycles. The molecule has 0 amide bonds. The summed E-state index contributed by atoms with van der Waals surface area (Å²) < 4.78 is 0. The zero-order valence-electron chi connectivity index (χ0n) is 10.2. The van der Waals surface area contributed by atoms with E-state index in [0.29, 0.717) is 6.04 Å². The first-order valence-corrected chi connectivity index (χ1v) is 6.32. The molecular weight excluding hydrogens is 188 g/mol. The van der Waals surface area contributed by atoms with Crippen LogP contribution in [-0.2, 0) is 0 Å². The van der Waals surface area contributed by atoms with Gasteiger partial charge in [0.05, 0.1) is 6.10 Å². The van der Waals surface area contributed by atoms with Crippen molar-refractivity contribution in [3.05, 3.63) is 0 Å². The summed E-state index contributed by atoms with van der Waals surface area (Å²) in [5.74, 6) is 0. The summed E-state index contributed by atoms with van der Waals surface area (Å²) in [5.41, 5.74) is 0. The lowest BCUT2D eigenvalue weighted by molar-refractivity contribution is 0.176. The lowest BCUT2D eigenvalue weighted by Gasteiger charge is -2.29. The van der Waals surface area contributed by atoms with E-state index >= 15 is 0 Å². The standard InChI is InChI=1S/C12H26N2O/c1-11(13-7-6-12(2)15)10-14-8-4-3-5-9-14/h11-13,15H,3-10H2,1-2H3. The zero-order chi connectivity index (χ0) is 11.1. The van der Waals surface area contributed by atoms with Gasteiger partial charge in [-0.3, -0.25) is 0 Å². The molecule has 1 aliphatic rings. The second-order valence-electron chi connectivity index (χ2n) is 4.85. The molecule has 0 radical (unpaired) electrons. The summed E-state index contributed by atoms with van der Waals surface area (Å²) in [5, 5.41) is 12.6. The molecule has 1 heterocycles. The van der Waals surface area contributed by atoms with Gasteiger partial charge in [-0.2, -0.15) is 0 Å². The van der Waals surface area contributed by atoms with E-state index in [2.05, 4.69) is 17.1 Å². The molecule has 1 rings (SSSR count). The quantitative estimate of drug-likeness (QED) is 0.698. The number of nitrogens with zero attached hydrogens (tertiary/aromatic N) is 1. The van der Waals surface area contributed by atoms with Crippen LogP contribution >= 0.6 is 0 Å². The number of piperidine rings is 1. The average Bonchev–Trinajstić information content (AvgIpc) is 2.18. The first-order chi connectivity index (χ1) is 7.18. The third-order valence-electron chi connectivity index (χ3n) is 3.04. The lowest BCUT2D eigenvalue weighted by atomic mass is 10.1. The Morgan fingerprint density at radius 3 is 2.47 bits per heavy atom. The second kappa shape index (κ2) is 7.20. The predicted molar refractivity (Wildman–Crippen MR) is 64.1 cm³/mol. The normalized spacial score (nSPS) is 22.6. The highest BCUT2D eigenvalue weighted by Gasteiger charge is 2.12. The Labute approximate surface area is 93.9 Å². The number of nitrogens with one attached hydrogen (secondary N) is 1. The maximum absolute atomic E-state index is 9.14. The first kappa shape index (κ1) is 12.9. The van der Waals surface area contributed by atoms with Gasteiger partial charge in [0.1, 0.15) is 0 Å². The zero-order valence-corrected chi connectivity index (χ0v) is 10.2. The molecule has 0 aromatic heterocycles. The van der Waals surface area contributed by atoms with Gasteiger partial charge in [0.25, 0.3) is 0 Å². The molecule has 0 spiro atoms. The molecule has 0 aromatic carbocycles. The summed E-state index contributed by atoms with van der Waals surface area (Å²) >= 11 is 0. The van der Waals surface area contributed by atoms with E-state index in [-0.39, 0.29) is 6.10 Å². The third kappa shape index (κ3) is 6.13. The predicted octanol–water partition coefficient (Wildman–Crippen LogP) is 1.22. The third-order valence-corrected chi connectivity index (χ3v) is 3.04. The Morgan fingerprint density at radius 2 is 1.87 bits per heavy atom. The topological polar surface area (TPSA) is 35.5 Å². The molecule has 3 nitrogen and oxygen atoms in total. The van der Waals surface area contributed by atoms with Crippen molar-refractivity contribution in [3.8, 4) is 0 Å². The van der Waals surface area contributed by atoms with Crippen molar-refractivity contribution in [1.29, 1.82) is 0 Å². The highest BCUT2D eigenvalue weighted by atomic mass is 16.3. The van der Waals surface area contributed by atoms with Gasteiger partial charge in [0.15, 0.2) is 0 Å². The van der Waals surface area contributed by atoms with Crippen LogP contribution in [0.25, 0.3) is 0 Å². The van der Waals surface area contributed by atoms with Gasteiger partial charge in [-0.05, 0) is 52.7 Å². The van der Waals surface area contributed by atoms with Gasteiger partial charge in [-0.15, -0.1) is 0 Å². The monoisotopic (exact) mass is 214 g/mol. The van der Waals surface area contributed by atoms with Crippen LogP contribution in [0.2, 0.25) is 0 Å². The van der Waals surface area contributed by atoms with Crippen molar-refractivity contribution in [2.75, 3.05) is 26.2 Å². The van der Waals surface area contributed by atoms with Crippen LogP contribution in [0.15, 0.2) is 0 Å². The summed E-state index contributed by atoms with van der Waals surface area (Å²) in [6.45, 7) is 8.69. The number of rotatable bonds is 6. The van der Waals surface area contributed by atoms with Crippen molar-refractivity contribution in [2.24, 2.45) is 0 Å². The highest BCUT2D eigenvalue weighted by molar-refractivity contribution is 4.71. The Hall–Kier alpha value is -0.120. The fraction of sp³-hybridized carbons (Fsp3) is 1.00. The smallest absolute Gasteiger partial charge is 0.0524 e. The number of hydrogen-bond acceptors (Lipinski definition) is 3. The number of aliphatic hydroxyl groups excluding tert-OH is 1. The van der Waals surface area contributed by atoms with Crippen LogP contribution in [0.5, 0.6) is 0 Å². The van der Waals surface area contributed by atoms with Crippen molar-refractivity contribution in [3.63, 3.8) is 0 Å². The van der Waals surface area contributed by atoms with Gasteiger partial charge in [-0.25, -0.2) is 0 Å². The molecule has 2 unspecified atom stereocenters. The fourth-order valence-electron chi connectivity index (χ4n) is 2.13. The molecule has 3 heteroatoms. The van der Waals surface area contributed by atoms with E-state index in [9.17, 15) is 0 Å². The minimum atomic E-state index is -0.181. The van der Waals surface area contributed by atoms with Gasteiger partial charge in [0.2, 0.25) is 0 Å². The minimum absolute atomic E-state index is 0.181. The van der Waals surface area contributed by atoms with E-state index in [1.165, 1.54) is 32.4 Å². The van der Waals surface area contributed by atoms with Gasteiger partial charge < -0.3 is 15.3 Å². The van der Waals surface area contributed by atoms with Gasteiger partial charge in [-0.1, -0.05) is 6.42 Å².